The van der Waals surface area contributed by atoms with Gasteiger partial charge in [0, 0.05) is 18.8 Å². The molecule has 0 unspecified atom stereocenters. The molecule has 5 nitrogen and oxygen atoms in total. The lowest BCUT2D eigenvalue weighted by Crippen LogP contribution is -2.34. The molecule has 0 bridgehead atoms. The van der Waals surface area contributed by atoms with E-state index >= 15 is 0 Å². The lowest BCUT2D eigenvalue weighted by Gasteiger charge is -2.09. The average Bonchev–Trinajstić information content (AvgIpc) is 2.96. The van der Waals surface area contributed by atoms with E-state index in [1.807, 2.05) is 13.1 Å². The van der Waals surface area contributed by atoms with Crippen LogP contribution in [-0.4, -0.2) is 35.4 Å². The molecule has 0 spiro atoms. The van der Waals surface area contributed by atoms with Gasteiger partial charge in [0.05, 0.1) is 6.20 Å². The summed E-state index contributed by atoms with van der Waals surface area (Å²) < 4.78 is 5.31. The fourth-order valence-electron chi connectivity index (χ4n) is 2.02. The van der Waals surface area contributed by atoms with Crippen molar-refractivity contribution in [2.24, 2.45) is 0 Å². The molecular weight excluding hydrogens is 218 g/mol. The smallest absolute Gasteiger partial charge is 0.249 e. The van der Waals surface area contributed by atoms with Crippen molar-refractivity contribution in [3.8, 4) is 0 Å². The molecule has 1 aromatic heterocycles. The van der Waals surface area contributed by atoms with Crippen molar-refractivity contribution in [1.82, 2.24) is 15.5 Å². The van der Waals surface area contributed by atoms with E-state index < -0.39 is 0 Å². The molecule has 0 saturated carbocycles. The molecule has 2 N–H and O–H groups in total. The molecule has 17 heavy (non-hydrogen) atoms. The third-order valence-electron chi connectivity index (χ3n) is 3.08. The van der Waals surface area contributed by atoms with Crippen LogP contribution in [0, 0.1) is 6.92 Å². The first kappa shape index (κ1) is 12.1. The van der Waals surface area contributed by atoms with Gasteiger partial charge in [-0.1, -0.05) is 0 Å². The maximum absolute atomic E-state index is 11.6. The highest BCUT2D eigenvalue weighted by Crippen LogP contribution is 2.11. The zero-order valence-corrected chi connectivity index (χ0v) is 10.2. The molecule has 1 atom stereocenters. The highest BCUT2D eigenvalue weighted by Gasteiger charge is 2.22. The molecule has 1 aromatic rings. The van der Waals surface area contributed by atoms with E-state index in [1.54, 1.807) is 0 Å². The fraction of sp³-hybridized carbons (Fsp3) is 0.667. The summed E-state index contributed by atoms with van der Waals surface area (Å²) in [7, 11) is 0. The molecule has 1 fully saturated rings. The third kappa shape index (κ3) is 3.30. The van der Waals surface area contributed by atoms with Crippen molar-refractivity contribution >= 4 is 5.91 Å². The van der Waals surface area contributed by atoms with Crippen molar-refractivity contribution in [1.29, 1.82) is 0 Å². The Kier molecular flexibility index (Phi) is 4.14. The van der Waals surface area contributed by atoms with Crippen LogP contribution < -0.4 is 5.32 Å². The summed E-state index contributed by atoms with van der Waals surface area (Å²) in [5.74, 6) is 0.0337. The number of carbonyl (C=O) groups excluding carboxylic acids is 1. The maximum atomic E-state index is 11.6. The SMILES string of the molecule is Cc1[nH]ncc1CCCNC(=O)[C@@H]1CCCO1. The summed E-state index contributed by atoms with van der Waals surface area (Å²) in [6.07, 6.45) is 5.34. The molecule has 1 saturated heterocycles. The molecule has 0 aliphatic carbocycles. The summed E-state index contributed by atoms with van der Waals surface area (Å²) in [4.78, 5) is 11.6. The number of carbonyl (C=O) groups is 1. The van der Waals surface area contributed by atoms with Gasteiger partial charge >= 0.3 is 0 Å². The first-order valence-corrected chi connectivity index (χ1v) is 6.15. The van der Waals surface area contributed by atoms with E-state index in [4.69, 9.17) is 4.74 Å². The summed E-state index contributed by atoms with van der Waals surface area (Å²) in [5, 5.41) is 9.78. The van der Waals surface area contributed by atoms with Crippen LogP contribution in [-0.2, 0) is 16.0 Å². The molecular formula is C12H19N3O2. The third-order valence-corrected chi connectivity index (χ3v) is 3.08. The number of H-pyrrole nitrogens is 1. The fourth-order valence-corrected chi connectivity index (χ4v) is 2.02. The van der Waals surface area contributed by atoms with E-state index in [9.17, 15) is 4.79 Å². The maximum Gasteiger partial charge on any atom is 0.249 e. The summed E-state index contributed by atoms with van der Waals surface area (Å²) in [5.41, 5.74) is 2.33. The van der Waals surface area contributed by atoms with Gasteiger partial charge in [0.15, 0.2) is 0 Å². The van der Waals surface area contributed by atoms with E-state index in [0.717, 1.165) is 31.4 Å². The number of nitrogens with zero attached hydrogens (tertiary/aromatic N) is 1. The Balaban J connectivity index is 1.63. The van der Waals surface area contributed by atoms with Crippen LogP contribution in [0.2, 0.25) is 0 Å². The second-order valence-corrected chi connectivity index (χ2v) is 4.42. The van der Waals surface area contributed by atoms with Gasteiger partial charge in [0.1, 0.15) is 6.10 Å². The molecule has 2 rings (SSSR count). The van der Waals surface area contributed by atoms with Crippen molar-refractivity contribution < 1.29 is 9.53 Å². The van der Waals surface area contributed by atoms with Crippen molar-refractivity contribution in [2.75, 3.05) is 13.2 Å². The van der Waals surface area contributed by atoms with Crippen LogP contribution >= 0.6 is 0 Å². The van der Waals surface area contributed by atoms with Crippen LogP contribution in [0.15, 0.2) is 6.20 Å². The van der Waals surface area contributed by atoms with Gasteiger partial charge < -0.3 is 10.1 Å². The Labute approximate surface area is 101 Å². The second kappa shape index (κ2) is 5.82. The van der Waals surface area contributed by atoms with Gasteiger partial charge in [-0.3, -0.25) is 9.89 Å². The number of aromatic amines is 1. The van der Waals surface area contributed by atoms with Crippen LogP contribution in [0.25, 0.3) is 0 Å². The predicted octanol–water partition coefficient (Wildman–Crippen LogP) is 0.946. The summed E-state index contributed by atoms with van der Waals surface area (Å²) in [6, 6.07) is 0. The molecule has 94 valence electrons. The van der Waals surface area contributed by atoms with Crippen molar-refractivity contribution in [2.45, 2.75) is 38.7 Å². The largest absolute Gasteiger partial charge is 0.368 e. The number of hydrogen-bond donors (Lipinski definition) is 2. The Bertz CT molecular complexity index is 370. The van der Waals surface area contributed by atoms with Gasteiger partial charge in [-0.2, -0.15) is 5.10 Å². The van der Waals surface area contributed by atoms with Crippen LogP contribution in [0.3, 0.4) is 0 Å². The minimum Gasteiger partial charge on any atom is -0.368 e. The summed E-state index contributed by atoms with van der Waals surface area (Å²) >= 11 is 0. The number of hydrogen-bond acceptors (Lipinski definition) is 3. The number of aryl methyl sites for hydroxylation is 2. The average molecular weight is 237 g/mol. The number of aromatic nitrogens is 2. The minimum absolute atomic E-state index is 0.0337. The van der Waals surface area contributed by atoms with Gasteiger partial charge in [0.2, 0.25) is 5.91 Å². The molecule has 1 aliphatic rings. The molecule has 1 amide bonds. The van der Waals surface area contributed by atoms with Crippen molar-refractivity contribution in [3.63, 3.8) is 0 Å². The van der Waals surface area contributed by atoms with E-state index in [1.165, 1.54) is 5.56 Å². The number of amides is 1. The molecule has 0 radical (unpaired) electrons. The first-order valence-electron chi connectivity index (χ1n) is 6.15. The monoisotopic (exact) mass is 237 g/mol. The topological polar surface area (TPSA) is 67.0 Å². The van der Waals surface area contributed by atoms with E-state index in [2.05, 4.69) is 15.5 Å². The predicted molar refractivity (Wildman–Crippen MR) is 63.6 cm³/mol. The van der Waals surface area contributed by atoms with E-state index in [-0.39, 0.29) is 12.0 Å². The Morgan fingerprint density at radius 2 is 2.59 bits per heavy atom. The molecule has 5 heteroatoms. The summed E-state index contributed by atoms with van der Waals surface area (Å²) in [6.45, 7) is 3.42. The van der Waals surface area contributed by atoms with Crippen molar-refractivity contribution in [3.05, 3.63) is 17.5 Å². The Hall–Kier alpha value is -1.36. The second-order valence-electron chi connectivity index (χ2n) is 4.42. The van der Waals surface area contributed by atoms with Gasteiger partial charge in [-0.15, -0.1) is 0 Å². The van der Waals surface area contributed by atoms with Crippen LogP contribution in [0.5, 0.6) is 0 Å². The highest BCUT2D eigenvalue weighted by molar-refractivity contribution is 5.80. The van der Waals surface area contributed by atoms with Crippen LogP contribution in [0.4, 0.5) is 0 Å². The highest BCUT2D eigenvalue weighted by atomic mass is 16.5. The van der Waals surface area contributed by atoms with Gasteiger partial charge in [-0.05, 0) is 38.2 Å². The van der Waals surface area contributed by atoms with Gasteiger partial charge in [0.25, 0.3) is 0 Å². The van der Waals surface area contributed by atoms with Crippen LogP contribution in [0.1, 0.15) is 30.5 Å². The lowest BCUT2D eigenvalue weighted by atomic mass is 10.1. The molecule has 2 heterocycles. The van der Waals surface area contributed by atoms with Gasteiger partial charge in [-0.25, -0.2) is 0 Å². The standard InChI is InChI=1S/C12H19N3O2/c1-9-10(8-14-15-9)4-2-6-13-12(16)11-5-3-7-17-11/h8,11H,2-7H2,1H3,(H,13,16)(H,14,15)/t11-/m0/s1. The molecule has 1 aliphatic heterocycles. The quantitative estimate of drug-likeness (QED) is 0.749. The zero-order chi connectivity index (χ0) is 12.1. The molecule has 0 aromatic carbocycles. The minimum atomic E-state index is -0.217. The van der Waals surface area contributed by atoms with E-state index in [0.29, 0.717) is 13.2 Å². The Morgan fingerprint density at radius 1 is 1.71 bits per heavy atom. The normalized spacial score (nSPS) is 19.5. The zero-order valence-electron chi connectivity index (χ0n) is 10.2. The number of nitrogens with one attached hydrogen (secondary N) is 2. The number of rotatable bonds is 5. The number of ether oxygens (including phenoxy) is 1. The Morgan fingerprint density at radius 3 is 3.24 bits per heavy atom. The lowest BCUT2D eigenvalue weighted by molar-refractivity contribution is -0.130. The first-order chi connectivity index (χ1) is 8.27.